The average molecular weight is 499 g/mol. The number of anilines is 2. The molecule has 2 heterocycles. The van der Waals surface area contributed by atoms with Crippen molar-refractivity contribution in [3.8, 4) is 22.6 Å². The number of nitrogens with zero attached hydrogens (tertiary/aromatic N) is 2. The summed E-state index contributed by atoms with van der Waals surface area (Å²) in [4.78, 5) is 9.33. The van der Waals surface area contributed by atoms with Gasteiger partial charge in [0.05, 0.1) is 35.5 Å². The molecule has 0 unspecified atom stereocenters. The minimum absolute atomic E-state index is 0.206. The molecule has 10 heteroatoms. The molecule has 0 aliphatic rings. The Labute approximate surface area is 203 Å². The van der Waals surface area contributed by atoms with E-state index in [1.165, 1.54) is 11.3 Å². The third-order valence-corrected chi connectivity index (χ3v) is 7.51. The molecule has 0 bridgehead atoms. The highest BCUT2D eigenvalue weighted by Gasteiger charge is 2.22. The van der Waals surface area contributed by atoms with E-state index in [0.717, 1.165) is 27.0 Å². The van der Waals surface area contributed by atoms with Gasteiger partial charge >= 0.3 is 0 Å². The number of sulfonamides is 1. The summed E-state index contributed by atoms with van der Waals surface area (Å²) >= 11 is 1.50. The Bertz CT molecular complexity index is 1440. The summed E-state index contributed by atoms with van der Waals surface area (Å²) in [5.74, 6) is 1.63. The average Bonchev–Trinajstić information content (AvgIpc) is 3.21. The SMILES string of the molecule is COc1ccc(Nc2ncc3scc(-c4cccc(S(=O)(=O)NC(C)(C)C)c4)c3n2)cc1OC. The van der Waals surface area contributed by atoms with Crippen LogP contribution in [0.5, 0.6) is 11.5 Å². The number of thiophene rings is 1. The Hall–Kier alpha value is -3.21. The van der Waals surface area contributed by atoms with E-state index in [4.69, 9.17) is 14.5 Å². The molecular formula is C24H26N4O4S2. The minimum Gasteiger partial charge on any atom is -0.493 e. The lowest BCUT2D eigenvalue weighted by molar-refractivity contribution is 0.355. The van der Waals surface area contributed by atoms with E-state index in [-0.39, 0.29) is 4.90 Å². The number of hydrogen-bond acceptors (Lipinski definition) is 8. The molecule has 4 rings (SSSR count). The zero-order valence-corrected chi connectivity index (χ0v) is 21.2. The van der Waals surface area contributed by atoms with Gasteiger partial charge < -0.3 is 14.8 Å². The van der Waals surface area contributed by atoms with Crippen LogP contribution in [0, 0.1) is 0 Å². The quantitative estimate of drug-likeness (QED) is 0.361. The van der Waals surface area contributed by atoms with Gasteiger partial charge in [-0.2, -0.15) is 0 Å². The minimum atomic E-state index is -3.66. The summed E-state index contributed by atoms with van der Waals surface area (Å²) < 4.78 is 39.9. The predicted octanol–water partition coefficient (Wildman–Crippen LogP) is 5.20. The fraction of sp³-hybridized carbons (Fsp3) is 0.250. The third-order valence-electron chi connectivity index (χ3n) is 4.85. The highest BCUT2D eigenvalue weighted by atomic mass is 32.2. The summed E-state index contributed by atoms with van der Waals surface area (Å²) in [5.41, 5.74) is 2.50. The maximum Gasteiger partial charge on any atom is 0.241 e. The van der Waals surface area contributed by atoms with E-state index in [9.17, 15) is 8.42 Å². The third kappa shape index (κ3) is 5.14. The number of ether oxygens (including phenoxy) is 2. The molecule has 8 nitrogen and oxygen atoms in total. The molecule has 0 radical (unpaired) electrons. The zero-order chi connectivity index (χ0) is 24.5. The molecule has 0 spiro atoms. The fourth-order valence-electron chi connectivity index (χ4n) is 3.43. The van der Waals surface area contributed by atoms with Crippen LogP contribution >= 0.6 is 11.3 Å². The van der Waals surface area contributed by atoms with Gasteiger partial charge in [0.1, 0.15) is 0 Å². The van der Waals surface area contributed by atoms with Crippen molar-refractivity contribution in [1.82, 2.24) is 14.7 Å². The Morgan fingerprint density at radius 2 is 1.76 bits per heavy atom. The second-order valence-corrected chi connectivity index (χ2v) is 11.2. The zero-order valence-electron chi connectivity index (χ0n) is 19.5. The molecule has 0 amide bonds. The van der Waals surface area contributed by atoms with Crippen LogP contribution in [0.1, 0.15) is 20.8 Å². The highest BCUT2D eigenvalue weighted by Crippen LogP contribution is 2.35. The lowest BCUT2D eigenvalue weighted by Gasteiger charge is -2.20. The first-order valence-corrected chi connectivity index (χ1v) is 12.8. The van der Waals surface area contributed by atoms with Gasteiger partial charge in [-0.05, 0) is 50.6 Å². The molecule has 0 atom stereocenters. The Balaban J connectivity index is 1.69. The molecule has 0 saturated carbocycles. The molecular weight excluding hydrogens is 472 g/mol. The van der Waals surface area contributed by atoms with Crippen molar-refractivity contribution in [2.24, 2.45) is 0 Å². The van der Waals surface area contributed by atoms with Crippen molar-refractivity contribution in [3.05, 3.63) is 54.0 Å². The van der Waals surface area contributed by atoms with Gasteiger partial charge in [-0.25, -0.2) is 23.1 Å². The van der Waals surface area contributed by atoms with Crippen LogP contribution in [0.15, 0.2) is 58.9 Å². The summed E-state index contributed by atoms with van der Waals surface area (Å²) in [6.07, 6.45) is 1.75. The molecule has 4 aromatic rings. The van der Waals surface area contributed by atoms with Gasteiger partial charge in [-0.15, -0.1) is 11.3 Å². The molecule has 0 saturated heterocycles. The molecule has 2 aromatic carbocycles. The van der Waals surface area contributed by atoms with Crippen molar-refractivity contribution in [3.63, 3.8) is 0 Å². The lowest BCUT2D eigenvalue weighted by Crippen LogP contribution is -2.40. The van der Waals surface area contributed by atoms with Gasteiger partial charge in [0, 0.05) is 28.2 Å². The standard InChI is InChI=1S/C24H26N4O4S2/c1-24(2,3)28-34(29,30)17-8-6-7-15(11-17)18-14-33-21-13-25-23(27-22(18)21)26-16-9-10-19(31-4)20(12-16)32-5/h6-14,28H,1-5H3,(H,25,26,27). The van der Waals surface area contributed by atoms with Gasteiger partial charge in [0.2, 0.25) is 16.0 Å². The van der Waals surface area contributed by atoms with Crippen LogP contribution in [0.4, 0.5) is 11.6 Å². The molecule has 0 fully saturated rings. The van der Waals surface area contributed by atoms with Crippen molar-refractivity contribution >= 4 is 43.2 Å². The molecule has 34 heavy (non-hydrogen) atoms. The highest BCUT2D eigenvalue weighted by molar-refractivity contribution is 7.89. The maximum atomic E-state index is 12.8. The summed E-state index contributed by atoms with van der Waals surface area (Å²) in [7, 11) is -0.501. The number of nitrogens with one attached hydrogen (secondary N) is 2. The molecule has 0 aliphatic heterocycles. The normalized spacial score (nSPS) is 12.0. The fourth-order valence-corrected chi connectivity index (χ4v) is 5.77. The Morgan fingerprint density at radius 3 is 2.47 bits per heavy atom. The molecule has 178 valence electrons. The number of hydrogen-bond donors (Lipinski definition) is 2. The Morgan fingerprint density at radius 1 is 1.00 bits per heavy atom. The van der Waals surface area contributed by atoms with Gasteiger partial charge in [-0.1, -0.05) is 12.1 Å². The van der Waals surface area contributed by atoms with Crippen LogP contribution in [-0.4, -0.2) is 38.1 Å². The van der Waals surface area contributed by atoms with Crippen molar-refractivity contribution in [1.29, 1.82) is 0 Å². The first-order valence-electron chi connectivity index (χ1n) is 10.5. The number of methoxy groups -OCH3 is 2. The maximum absolute atomic E-state index is 12.8. The summed E-state index contributed by atoms with van der Waals surface area (Å²) in [6.45, 7) is 5.43. The molecule has 0 aliphatic carbocycles. The second kappa shape index (κ2) is 9.21. The van der Waals surface area contributed by atoms with Crippen LogP contribution in [0.3, 0.4) is 0 Å². The van der Waals surface area contributed by atoms with E-state index in [1.54, 1.807) is 50.7 Å². The largest absolute Gasteiger partial charge is 0.493 e. The number of rotatable bonds is 7. The monoisotopic (exact) mass is 498 g/mol. The van der Waals surface area contributed by atoms with Crippen molar-refractivity contribution in [2.75, 3.05) is 19.5 Å². The van der Waals surface area contributed by atoms with E-state index < -0.39 is 15.6 Å². The Kier molecular flexibility index (Phi) is 6.48. The first-order chi connectivity index (χ1) is 16.1. The van der Waals surface area contributed by atoms with E-state index >= 15 is 0 Å². The van der Waals surface area contributed by atoms with Crippen LogP contribution in [-0.2, 0) is 10.0 Å². The molecule has 2 N–H and O–H groups in total. The van der Waals surface area contributed by atoms with Crippen LogP contribution in [0.2, 0.25) is 0 Å². The van der Waals surface area contributed by atoms with Gasteiger partial charge in [-0.3, -0.25) is 0 Å². The van der Waals surface area contributed by atoms with Crippen molar-refractivity contribution in [2.45, 2.75) is 31.2 Å². The topological polar surface area (TPSA) is 102 Å². The van der Waals surface area contributed by atoms with Gasteiger partial charge in [0.15, 0.2) is 11.5 Å². The van der Waals surface area contributed by atoms with Crippen LogP contribution < -0.4 is 19.5 Å². The number of benzene rings is 2. The summed E-state index contributed by atoms with van der Waals surface area (Å²) in [5, 5.41) is 5.15. The van der Waals surface area contributed by atoms with Gasteiger partial charge in [0.25, 0.3) is 0 Å². The summed E-state index contributed by atoms with van der Waals surface area (Å²) in [6, 6.07) is 12.3. The second-order valence-electron chi connectivity index (χ2n) is 8.63. The van der Waals surface area contributed by atoms with E-state index in [2.05, 4.69) is 15.0 Å². The first kappa shape index (κ1) is 23.9. The lowest BCUT2D eigenvalue weighted by atomic mass is 10.1. The smallest absolute Gasteiger partial charge is 0.241 e. The van der Waals surface area contributed by atoms with E-state index in [0.29, 0.717) is 17.4 Å². The van der Waals surface area contributed by atoms with Crippen LogP contribution in [0.25, 0.3) is 21.3 Å². The van der Waals surface area contributed by atoms with Crippen molar-refractivity contribution < 1.29 is 17.9 Å². The van der Waals surface area contributed by atoms with E-state index in [1.807, 2.05) is 38.3 Å². The number of aromatic nitrogens is 2. The number of fused-ring (bicyclic) bond motifs is 1. The molecule has 2 aromatic heterocycles. The predicted molar refractivity (Wildman–Crippen MR) is 136 cm³/mol.